The number of hydrogen-bond acceptors (Lipinski definition) is 5. The van der Waals surface area contributed by atoms with E-state index >= 15 is 0 Å². The predicted molar refractivity (Wildman–Crippen MR) is 96.9 cm³/mol. The van der Waals surface area contributed by atoms with Crippen LogP contribution in [0.3, 0.4) is 0 Å². The van der Waals surface area contributed by atoms with Crippen LogP contribution in [-0.2, 0) is 4.79 Å². The Bertz CT molecular complexity index is 814. The first kappa shape index (κ1) is 16.0. The number of thioether (sulfide) groups is 1. The molecule has 1 aromatic carbocycles. The number of amides is 1. The first-order chi connectivity index (χ1) is 11.7. The fraction of sp³-hybridized carbons (Fsp3) is 0.0556. The largest absolute Gasteiger partial charge is 0.508 e. The van der Waals surface area contributed by atoms with Gasteiger partial charge in [-0.2, -0.15) is 0 Å². The Morgan fingerprint density at radius 2 is 2.08 bits per heavy atom. The lowest BCUT2D eigenvalue weighted by Gasteiger charge is -2.12. The van der Waals surface area contributed by atoms with Crippen molar-refractivity contribution in [3.05, 3.63) is 71.9 Å². The van der Waals surface area contributed by atoms with Crippen molar-refractivity contribution in [3.63, 3.8) is 0 Å². The van der Waals surface area contributed by atoms with Gasteiger partial charge in [0.05, 0.1) is 10.6 Å². The lowest BCUT2D eigenvalue weighted by Crippen LogP contribution is -2.29. The lowest BCUT2D eigenvalue weighted by atomic mass is 10.2. The number of phenolic OH excluding ortho intramolecular Hbond substituents is 1. The van der Waals surface area contributed by atoms with Gasteiger partial charge in [0.2, 0.25) is 0 Å². The SMILES string of the molecule is C=CCN1C(=O)/C(=C/c2cccnc2)SC1=Nc1ccc(O)cc1. The third-order valence-electron chi connectivity index (χ3n) is 3.26. The summed E-state index contributed by atoms with van der Waals surface area (Å²) >= 11 is 1.31. The van der Waals surface area contributed by atoms with Crippen LogP contribution in [0.2, 0.25) is 0 Å². The molecule has 1 amide bonds. The molecule has 0 radical (unpaired) electrons. The molecule has 1 aromatic heterocycles. The van der Waals surface area contributed by atoms with E-state index in [-0.39, 0.29) is 11.7 Å². The number of pyridine rings is 1. The van der Waals surface area contributed by atoms with E-state index in [9.17, 15) is 9.90 Å². The fourth-order valence-electron chi connectivity index (χ4n) is 2.13. The quantitative estimate of drug-likeness (QED) is 0.684. The van der Waals surface area contributed by atoms with Crippen LogP contribution in [0, 0.1) is 0 Å². The Kier molecular flexibility index (Phi) is 4.77. The zero-order valence-electron chi connectivity index (χ0n) is 12.8. The van der Waals surface area contributed by atoms with Crippen molar-refractivity contribution in [1.82, 2.24) is 9.88 Å². The zero-order chi connectivity index (χ0) is 16.9. The molecule has 0 aliphatic carbocycles. The number of carbonyl (C=O) groups is 1. The number of rotatable bonds is 4. The average Bonchev–Trinajstić information content (AvgIpc) is 2.87. The van der Waals surface area contributed by atoms with Gasteiger partial charge in [0, 0.05) is 18.9 Å². The summed E-state index contributed by atoms with van der Waals surface area (Å²) in [7, 11) is 0. The molecule has 0 saturated carbocycles. The molecule has 120 valence electrons. The van der Waals surface area contributed by atoms with E-state index in [2.05, 4.69) is 16.6 Å². The maximum atomic E-state index is 12.6. The summed E-state index contributed by atoms with van der Waals surface area (Å²) < 4.78 is 0. The fourth-order valence-corrected chi connectivity index (χ4v) is 3.14. The van der Waals surface area contributed by atoms with Gasteiger partial charge in [-0.1, -0.05) is 12.1 Å². The van der Waals surface area contributed by atoms with Crippen molar-refractivity contribution in [3.8, 4) is 5.75 Å². The third-order valence-corrected chi connectivity index (χ3v) is 4.26. The Balaban J connectivity index is 1.94. The van der Waals surface area contributed by atoms with E-state index in [4.69, 9.17) is 0 Å². The van der Waals surface area contributed by atoms with E-state index in [1.54, 1.807) is 53.7 Å². The monoisotopic (exact) mass is 337 g/mol. The number of carbonyl (C=O) groups excluding carboxylic acids is 1. The summed E-state index contributed by atoms with van der Waals surface area (Å²) in [5.41, 5.74) is 1.53. The first-order valence-corrected chi connectivity index (χ1v) is 8.09. The minimum Gasteiger partial charge on any atom is -0.508 e. The summed E-state index contributed by atoms with van der Waals surface area (Å²) in [5.74, 6) is 0.0653. The smallest absolute Gasteiger partial charge is 0.267 e. The molecule has 3 rings (SSSR count). The van der Waals surface area contributed by atoms with E-state index in [0.29, 0.717) is 22.3 Å². The molecule has 0 bridgehead atoms. The lowest BCUT2D eigenvalue weighted by molar-refractivity contribution is -0.121. The maximum Gasteiger partial charge on any atom is 0.267 e. The molecule has 0 atom stereocenters. The van der Waals surface area contributed by atoms with Gasteiger partial charge in [-0.15, -0.1) is 6.58 Å². The van der Waals surface area contributed by atoms with Crippen molar-refractivity contribution in [2.75, 3.05) is 6.54 Å². The van der Waals surface area contributed by atoms with Gasteiger partial charge in [0.1, 0.15) is 5.75 Å². The number of benzene rings is 1. The minimum absolute atomic E-state index is 0.110. The molecule has 1 saturated heterocycles. The number of nitrogens with zero attached hydrogens (tertiary/aromatic N) is 3. The van der Waals surface area contributed by atoms with Crippen molar-refractivity contribution in [1.29, 1.82) is 0 Å². The van der Waals surface area contributed by atoms with Crippen LogP contribution in [0.5, 0.6) is 5.75 Å². The molecule has 6 heteroatoms. The van der Waals surface area contributed by atoms with Gasteiger partial charge in [-0.25, -0.2) is 4.99 Å². The Morgan fingerprint density at radius 1 is 1.29 bits per heavy atom. The highest BCUT2D eigenvalue weighted by atomic mass is 32.2. The van der Waals surface area contributed by atoms with Crippen molar-refractivity contribution in [2.45, 2.75) is 0 Å². The minimum atomic E-state index is -0.110. The Morgan fingerprint density at radius 3 is 2.75 bits per heavy atom. The highest BCUT2D eigenvalue weighted by molar-refractivity contribution is 8.18. The standard InChI is InChI=1S/C18H15N3O2S/c1-2-10-21-17(23)16(11-13-4-3-9-19-12-13)24-18(21)20-14-5-7-15(22)8-6-14/h2-9,11-12,22H,1,10H2/b16-11-,20-18?. The maximum absolute atomic E-state index is 12.6. The van der Waals surface area contributed by atoms with Crippen LogP contribution in [0.1, 0.15) is 5.56 Å². The van der Waals surface area contributed by atoms with Gasteiger partial charge in [0.25, 0.3) is 5.91 Å². The molecule has 1 aliphatic rings. The zero-order valence-corrected chi connectivity index (χ0v) is 13.6. The van der Waals surface area contributed by atoms with E-state index in [0.717, 1.165) is 5.56 Å². The molecule has 1 N–H and O–H groups in total. The second-order valence-electron chi connectivity index (χ2n) is 5.01. The van der Waals surface area contributed by atoms with Gasteiger partial charge < -0.3 is 5.11 Å². The second kappa shape index (κ2) is 7.14. The van der Waals surface area contributed by atoms with Crippen molar-refractivity contribution < 1.29 is 9.90 Å². The second-order valence-corrected chi connectivity index (χ2v) is 6.02. The van der Waals surface area contributed by atoms with Crippen molar-refractivity contribution in [2.24, 2.45) is 4.99 Å². The molecule has 0 unspecified atom stereocenters. The van der Waals surface area contributed by atoms with Crippen LogP contribution < -0.4 is 0 Å². The number of aromatic nitrogens is 1. The summed E-state index contributed by atoms with van der Waals surface area (Å²) in [4.78, 5) is 23.3. The first-order valence-electron chi connectivity index (χ1n) is 7.27. The molecule has 2 heterocycles. The van der Waals surface area contributed by atoms with E-state index in [1.807, 2.05) is 12.1 Å². The third kappa shape index (κ3) is 3.55. The van der Waals surface area contributed by atoms with Gasteiger partial charge in [0.15, 0.2) is 5.17 Å². The van der Waals surface area contributed by atoms with Crippen molar-refractivity contribution >= 4 is 34.6 Å². The van der Waals surface area contributed by atoms with Crippen LogP contribution in [0.4, 0.5) is 5.69 Å². The number of hydrogen-bond donors (Lipinski definition) is 1. The summed E-state index contributed by atoms with van der Waals surface area (Å²) in [6.07, 6.45) is 6.86. The molecular weight excluding hydrogens is 322 g/mol. The number of amidine groups is 1. The van der Waals surface area contributed by atoms with Crippen LogP contribution in [-0.4, -0.2) is 32.6 Å². The van der Waals surface area contributed by atoms with E-state index < -0.39 is 0 Å². The summed E-state index contributed by atoms with van der Waals surface area (Å²) in [5, 5.41) is 9.94. The number of aromatic hydroxyl groups is 1. The normalized spacial score (nSPS) is 17.7. The van der Waals surface area contributed by atoms with E-state index in [1.165, 1.54) is 11.8 Å². The number of aliphatic imine (C=N–C) groups is 1. The summed E-state index contributed by atoms with van der Waals surface area (Å²) in [6, 6.07) is 10.2. The molecule has 2 aromatic rings. The topological polar surface area (TPSA) is 65.8 Å². The predicted octanol–water partition coefficient (Wildman–Crippen LogP) is 3.58. The number of phenols is 1. The molecule has 5 nitrogen and oxygen atoms in total. The average molecular weight is 337 g/mol. The van der Waals surface area contributed by atoms with Crippen LogP contribution >= 0.6 is 11.8 Å². The molecule has 1 aliphatic heterocycles. The van der Waals surface area contributed by atoms with Crippen LogP contribution in [0.15, 0.2) is 71.3 Å². The van der Waals surface area contributed by atoms with Crippen LogP contribution in [0.25, 0.3) is 6.08 Å². The molecule has 24 heavy (non-hydrogen) atoms. The summed E-state index contributed by atoms with van der Waals surface area (Å²) in [6.45, 7) is 4.08. The van der Waals surface area contributed by atoms with Gasteiger partial charge >= 0.3 is 0 Å². The molecule has 0 spiro atoms. The van der Waals surface area contributed by atoms with Gasteiger partial charge in [-0.3, -0.25) is 14.7 Å². The molecule has 1 fully saturated rings. The molecular formula is C18H15N3O2S. The highest BCUT2D eigenvalue weighted by Gasteiger charge is 2.32. The Hall–Kier alpha value is -2.86. The Labute approximate surface area is 144 Å². The van der Waals surface area contributed by atoms with Gasteiger partial charge in [-0.05, 0) is 53.7 Å². The highest BCUT2D eigenvalue weighted by Crippen LogP contribution is 2.34.